The van der Waals surface area contributed by atoms with E-state index in [1.54, 1.807) is 7.11 Å². The summed E-state index contributed by atoms with van der Waals surface area (Å²) in [6.07, 6.45) is 1.62. The van der Waals surface area contributed by atoms with Crippen molar-refractivity contribution >= 4 is 23.0 Å². The summed E-state index contributed by atoms with van der Waals surface area (Å²) in [5, 5.41) is 6.95. The van der Waals surface area contributed by atoms with E-state index in [1.807, 2.05) is 39.0 Å². The van der Waals surface area contributed by atoms with Crippen LogP contribution in [0, 0.1) is 6.92 Å². The van der Waals surface area contributed by atoms with Crippen LogP contribution < -0.4 is 15.4 Å². The number of aryl methyl sites for hydroxylation is 1. The van der Waals surface area contributed by atoms with E-state index in [9.17, 15) is 0 Å². The Hall–Kier alpha value is -1.37. The highest BCUT2D eigenvalue weighted by Crippen LogP contribution is 2.24. The largest absolute Gasteiger partial charge is 0.495 e. The minimum atomic E-state index is -0.134. The van der Waals surface area contributed by atoms with Crippen molar-refractivity contribution in [2.45, 2.75) is 39.9 Å². The van der Waals surface area contributed by atoms with E-state index in [0.717, 1.165) is 36.4 Å². The number of anilines is 1. The van der Waals surface area contributed by atoms with Crippen molar-refractivity contribution in [1.82, 2.24) is 5.32 Å². The van der Waals surface area contributed by atoms with Gasteiger partial charge in [0.2, 0.25) is 0 Å². The molecule has 1 aromatic carbocycles. The Balaban J connectivity index is 2.36. The van der Waals surface area contributed by atoms with E-state index in [-0.39, 0.29) is 6.29 Å². The molecule has 0 radical (unpaired) electrons. The van der Waals surface area contributed by atoms with Crippen LogP contribution in [0.15, 0.2) is 18.2 Å². The Labute approximate surface area is 144 Å². The quantitative estimate of drug-likeness (QED) is 0.386. The zero-order valence-corrected chi connectivity index (χ0v) is 15.3. The van der Waals surface area contributed by atoms with E-state index < -0.39 is 0 Å². The first-order valence-electron chi connectivity index (χ1n) is 8.03. The van der Waals surface area contributed by atoms with Crippen LogP contribution in [0.5, 0.6) is 5.75 Å². The fourth-order valence-electron chi connectivity index (χ4n) is 2.14. The van der Waals surface area contributed by atoms with Crippen LogP contribution in [-0.4, -0.2) is 38.3 Å². The van der Waals surface area contributed by atoms with Crippen LogP contribution in [0.3, 0.4) is 0 Å². The van der Waals surface area contributed by atoms with E-state index >= 15 is 0 Å². The molecule has 5 nitrogen and oxygen atoms in total. The molecule has 0 saturated heterocycles. The summed E-state index contributed by atoms with van der Waals surface area (Å²) in [5.74, 6) is 0.771. The SMILES string of the molecule is CCOC(CCCNC(=S)Nc1cc(C)ccc1OC)OCC. The van der Waals surface area contributed by atoms with Gasteiger partial charge < -0.3 is 24.8 Å². The third kappa shape index (κ3) is 7.63. The van der Waals surface area contributed by atoms with Crippen LogP contribution in [-0.2, 0) is 9.47 Å². The Morgan fingerprint density at radius 3 is 2.52 bits per heavy atom. The molecule has 0 amide bonds. The molecule has 0 saturated carbocycles. The normalized spacial score (nSPS) is 10.7. The molecule has 0 spiro atoms. The van der Waals surface area contributed by atoms with E-state index in [0.29, 0.717) is 18.3 Å². The first kappa shape index (κ1) is 19.7. The summed E-state index contributed by atoms with van der Waals surface area (Å²) in [5.41, 5.74) is 2.01. The molecule has 0 heterocycles. The van der Waals surface area contributed by atoms with Gasteiger partial charge in [-0.25, -0.2) is 0 Å². The van der Waals surface area contributed by atoms with Gasteiger partial charge in [-0.15, -0.1) is 0 Å². The molecule has 0 atom stereocenters. The van der Waals surface area contributed by atoms with E-state index in [4.69, 9.17) is 26.4 Å². The maximum absolute atomic E-state index is 5.51. The highest BCUT2D eigenvalue weighted by Gasteiger charge is 2.08. The van der Waals surface area contributed by atoms with Crippen LogP contribution in [0.4, 0.5) is 5.69 Å². The van der Waals surface area contributed by atoms with Gasteiger partial charge in [0, 0.05) is 26.2 Å². The summed E-state index contributed by atoms with van der Waals surface area (Å²) in [6.45, 7) is 8.05. The summed E-state index contributed by atoms with van der Waals surface area (Å²) in [4.78, 5) is 0. The van der Waals surface area contributed by atoms with Gasteiger partial charge in [-0.05, 0) is 57.1 Å². The molecule has 1 aromatic rings. The predicted molar refractivity (Wildman–Crippen MR) is 98.2 cm³/mol. The topological polar surface area (TPSA) is 51.8 Å². The molecule has 23 heavy (non-hydrogen) atoms. The highest BCUT2D eigenvalue weighted by atomic mass is 32.1. The summed E-state index contributed by atoms with van der Waals surface area (Å²) in [7, 11) is 1.65. The summed E-state index contributed by atoms with van der Waals surface area (Å²) in [6, 6.07) is 5.93. The molecule has 0 aliphatic rings. The zero-order chi connectivity index (χ0) is 17.1. The molecule has 0 aromatic heterocycles. The molecule has 0 aliphatic heterocycles. The molecular weight excluding hydrogens is 312 g/mol. The van der Waals surface area contributed by atoms with Crippen molar-refractivity contribution in [2.75, 3.05) is 32.2 Å². The van der Waals surface area contributed by atoms with Gasteiger partial charge in [-0.2, -0.15) is 0 Å². The molecule has 1 rings (SSSR count). The Bertz CT molecular complexity index is 477. The number of rotatable bonds is 10. The van der Waals surface area contributed by atoms with Crippen molar-refractivity contribution < 1.29 is 14.2 Å². The first-order valence-corrected chi connectivity index (χ1v) is 8.44. The van der Waals surface area contributed by atoms with Gasteiger partial charge in [0.05, 0.1) is 12.8 Å². The molecule has 0 bridgehead atoms. The predicted octanol–water partition coefficient (Wildman–Crippen LogP) is 3.47. The maximum atomic E-state index is 5.51. The average molecular weight is 340 g/mol. The standard InChI is InChI=1S/C17H28N2O3S/c1-5-21-16(22-6-2)8-7-11-18-17(23)19-14-12-13(3)9-10-15(14)20-4/h9-10,12,16H,5-8,11H2,1-4H3,(H2,18,19,23). The minimum absolute atomic E-state index is 0.134. The van der Waals surface area contributed by atoms with Crippen LogP contribution in [0.1, 0.15) is 32.3 Å². The Morgan fingerprint density at radius 1 is 1.22 bits per heavy atom. The van der Waals surface area contributed by atoms with Gasteiger partial charge in [0.25, 0.3) is 0 Å². The molecule has 2 N–H and O–H groups in total. The first-order chi connectivity index (χ1) is 11.1. The molecule has 6 heteroatoms. The minimum Gasteiger partial charge on any atom is -0.495 e. The summed E-state index contributed by atoms with van der Waals surface area (Å²) < 4.78 is 16.4. The van der Waals surface area contributed by atoms with E-state index in [2.05, 4.69) is 10.6 Å². The van der Waals surface area contributed by atoms with Crippen LogP contribution >= 0.6 is 12.2 Å². The number of nitrogens with one attached hydrogen (secondary N) is 2. The van der Waals surface area contributed by atoms with E-state index in [1.165, 1.54) is 0 Å². The zero-order valence-electron chi connectivity index (χ0n) is 14.5. The molecule has 130 valence electrons. The lowest BCUT2D eigenvalue weighted by Crippen LogP contribution is -2.30. The van der Waals surface area contributed by atoms with Crippen LogP contribution in [0.25, 0.3) is 0 Å². The number of hydrogen-bond donors (Lipinski definition) is 2. The fraction of sp³-hybridized carbons (Fsp3) is 0.588. The van der Waals surface area contributed by atoms with Crippen molar-refractivity contribution in [3.05, 3.63) is 23.8 Å². The third-order valence-corrected chi connectivity index (χ3v) is 3.46. The van der Waals surface area contributed by atoms with Gasteiger partial charge in [-0.1, -0.05) is 6.07 Å². The Kier molecular flexibility index (Phi) is 9.59. The second-order valence-electron chi connectivity index (χ2n) is 5.07. The second-order valence-corrected chi connectivity index (χ2v) is 5.48. The lowest BCUT2D eigenvalue weighted by molar-refractivity contribution is -0.139. The lowest BCUT2D eigenvalue weighted by Gasteiger charge is -2.17. The van der Waals surface area contributed by atoms with Gasteiger partial charge in [0.1, 0.15) is 5.75 Å². The molecule has 0 unspecified atom stereocenters. The highest BCUT2D eigenvalue weighted by molar-refractivity contribution is 7.80. The monoisotopic (exact) mass is 340 g/mol. The third-order valence-electron chi connectivity index (χ3n) is 3.21. The van der Waals surface area contributed by atoms with Gasteiger partial charge in [0.15, 0.2) is 11.4 Å². The maximum Gasteiger partial charge on any atom is 0.170 e. The second kappa shape index (κ2) is 11.2. The number of methoxy groups -OCH3 is 1. The van der Waals surface area contributed by atoms with Crippen molar-refractivity contribution in [2.24, 2.45) is 0 Å². The average Bonchev–Trinajstić information content (AvgIpc) is 2.52. The molecule has 0 fully saturated rings. The van der Waals surface area contributed by atoms with Crippen molar-refractivity contribution in [1.29, 1.82) is 0 Å². The molecular formula is C17H28N2O3S. The van der Waals surface area contributed by atoms with Crippen molar-refractivity contribution in [3.8, 4) is 5.75 Å². The number of ether oxygens (including phenoxy) is 3. The summed E-state index contributed by atoms with van der Waals surface area (Å²) >= 11 is 5.33. The molecule has 0 aliphatic carbocycles. The van der Waals surface area contributed by atoms with Crippen molar-refractivity contribution in [3.63, 3.8) is 0 Å². The number of hydrogen-bond acceptors (Lipinski definition) is 4. The lowest BCUT2D eigenvalue weighted by atomic mass is 10.2. The van der Waals surface area contributed by atoms with Gasteiger partial charge >= 0.3 is 0 Å². The Morgan fingerprint density at radius 2 is 1.91 bits per heavy atom. The number of benzene rings is 1. The van der Waals surface area contributed by atoms with Crippen LogP contribution in [0.2, 0.25) is 0 Å². The van der Waals surface area contributed by atoms with Gasteiger partial charge in [-0.3, -0.25) is 0 Å². The fourth-order valence-corrected chi connectivity index (χ4v) is 2.36. The number of thiocarbonyl (C=S) groups is 1. The smallest absolute Gasteiger partial charge is 0.170 e.